The molecular formula is C12H15N5. The number of hydrogen-bond donors (Lipinski definition) is 2. The van der Waals surface area contributed by atoms with E-state index in [0.717, 1.165) is 16.6 Å². The Kier molecular flexibility index (Phi) is 3.18. The Balaban J connectivity index is 2.31. The lowest BCUT2D eigenvalue weighted by Crippen LogP contribution is -2.24. The number of amidine groups is 1. The van der Waals surface area contributed by atoms with Crippen molar-refractivity contribution in [2.24, 2.45) is 5.73 Å². The highest BCUT2D eigenvalue weighted by Gasteiger charge is 2.08. The van der Waals surface area contributed by atoms with Crippen molar-refractivity contribution in [3.8, 4) is 0 Å². The van der Waals surface area contributed by atoms with Crippen molar-refractivity contribution in [1.82, 2.24) is 10.2 Å². The van der Waals surface area contributed by atoms with E-state index in [1.165, 1.54) is 0 Å². The van der Waals surface area contributed by atoms with Gasteiger partial charge in [0.1, 0.15) is 0 Å². The minimum Gasteiger partial charge on any atom is -0.388 e. The zero-order chi connectivity index (χ0) is 12.3. The topological polar surface area (TPSA) is 78.9 Å². The number of hydrogen-bond acceptors (Lipinski definition) is 4. The third-order valence-electron chi connectivity index (χ3n) is 2.63. The van der Waals surface area contributed by atoms with Gasteiger partial charge in [-0.2, -0.15) is 5.10 Å². The highest BCUT2D eigenvalue weighted by molar-refractivity contribution is 5.91. The van der Waals surface area contributed by atoms with Crippen LogP contribution in [0.15, 0.2) is 30.5 Å². The highest BCUT2D eigenvalue weighted by atomic mass is 15.2. The fourth-order valence-corrected chi connectivity index (χ4v) is 1.69. The fraction of sp³-hybridized carbons (Fsp3) is 0.250. The van der Waals surface area contributed by atoms with Gasteiger partial charge < -0.3 is 10.6 Å². The van der Waals surface area contributed by atoms with Gasteiger partial charge in [-0.1, -0.05) is 24.3 Å². The number of benzene rings is 1. The van der Waals surface area contributed by atoms with E-state index in [2.05, 4.69) is 10.2 Å². The molecule has 0 saturated carbocycles. The molecule has 0 bridgehead atoms. The second kappa shape index (κ2) is 4.78. The zero-order valence-corrected chi connectivity index (χ0v) is 9.72. The second-order valence-corrected chi connectivity index (χ2v) is 3.95. The van der Waals surface area contributed by atoms with Crippen molar-refractivity contribution in [2.75, 3.05) is 18.5 Å². The Bertz CT molecular complexity index is 532. The van der Waals surface area contributed by atoms with Gasteiger partial charge in [0, 0.05) is 30.8 Å². The molecule has 3 N–H and O–H groups in total. The molecule has 2 rings (SSSR count). The van der Waals surface area contributed by atoms with Crippen molar-refractivity contribution < 1.29 is 0 Å². The molecule has 5 heteroatoms. The summed E-state index contributed by atoms with van der Waals surface area (Å²) >= 11 is 0. The van der Waals surface area contributed by atoms with E-state index in [4.69, 9.17) is 11.1 Å². The van der Waals surface area contributed by atoms with E-state index in [1.807, 2.05) is 36.2 Å². The molecule has 5 nitrogen and oxygen atoms in total. The number of anilines is 1. The third-order valence-corrected chi connectivity index (χ3v) is 2.63. The first kappa shape index (κ1) is 11.3. The molecule has 2 aromatic rings. The smallest absolute Gasteiger partial charge is 0.158 e. The Morgan fingerprint density at radius 2 is 2.18 bits per heavy atom. The maximum atomic E-state index is 7.23. The van der Waals surface area contributed by atoms with E-state index >= 15 is 0 Å². The molecule has 1 aromatic heterocycles. The number of nitrogens with two attached hydrogens (primary N) is 1. The van der Waals surface area contributed by atoms with E-state index in [9.17, 15) is 0 Å². The lowest BCUT2D eigenvalue weighted by atomic mass is 10.2. The molecule has 0 radical (unpaired) electrons. The van der Waals surface area contributed by atoms with Gasteiger partial charge in [-0.05, 0) is 0 Å². The van der Waals surface area contributed by atoms with E-state index in [0.29, 0.717) is 13.0 Å². The normalized spacial score (nSPS) is 10.4. The van der Waals surface area contributed by atoms with Crippen LogP contribution < -0.4 is 10.6 Å². The summed E-state index contributed by atoms with van der Waals surface area (Å²) in [5.74, 6) is 1.01. The third kappa shape index (κ3) is 2.50. The van der Waals surface area contributed by atoms with Crippen LogP contribution in [-0.4, -0.2) is 29.6 Å². The predicted molar refractivity (Wildman–Crippen MR) is 69.3 cm³/mol. The SMILES string of the molecule is CN(CCC(=N)N)c1nncc2ccccc12. The molecule has 0 aliphatic rings. The molecule has 0 spiro atoms. The van der Waals surface area contributed by atoms with Crippen LogP contribution in [0.25, 0.3) is 10.8 Å². The van der Waals surface area contributed by atoms with Crippen molar-refractivity contribution in [2.45, 2.75) is 6.42 Å². The summed E-state index contributed by atoms with van der Waals surface area (Å²) in [5.41, 5.74) is 5.35. The molecule has 0 saturated heterocycles. The fourth-order valence-electron chi connectivity index (χ4n) is 1.69. The van der Waals surface area contributed by atoms with Gasteiger partial charge in [0.25, 0.3) is 0 Å². The highest BCUT2D eigenvalue weighted by Crippen LogP contribution is 2.21. The lowest BCUT2D eigenvalue weighted by molar-refractivity contribution is 0.871. The summed E-state index contributed by atoms with van der Waals surface area (Å²) in [6, 6.07) is 7.98. The van der Waals surface area contributed by atoms with Crippen molar-refractivity contribution in [3.63, 3.8) is 0 Å². The molecule has 17 heavy (non-hydrogen) atoms. The molecule has 0 atom stereocenters. The monoisotopic (exact) mass is 229 g/mol. The average Bonchev–Trinajstić information content (AvgIpc) is 2.35. The van der Waals surface area contributed by atoms with Gasteiger partial charge in [-0.3, -0.25) is 5.41 Å². The minimum absolute atomic E-state index is 0.185. The standard InChI is InChI=1S/C12H15N5/c1-17(7-6-11(13)14)12-10-5-3-2-4-9(10)8-15-16-12/h2-5,8H,6-7H2,1H3,(H3,13,14). The van der Waals surface area contributed by atoms with Crippen LogP contribution in [0.1, 0.15) is 6.42 Å². The largest absolute Gasteiger partial charge is 0.388 e. The maximum absolute atomic E-state index is 7.23. The van der Waals surface area contributed by atoms with Crippen LogP contribution in [0.3, 0.4) is 0 Å². The number of nitrogens with zero attached hydrogens (tertiary/aromatic N) is 3. The maximum Gasteiger partial charge on any atom is 0.158 e. The van der Waals surface area contributed by atoms with Gasteiger partial charge in [0.05, 0.1) is 12.0 Å². The molecular weight excluding hydrogens is 214 g/mol. The Morgan fingerprint density at radius 3 is 2.94 bits per heavy atom. The Labute approximate surface area is 99.8 Å². The zero-order valence-electron chi connectivity index (χ0n) is 9.72. The molecule has 0 aliphatic heterocycles. The van der Waals surface area contributed by atoms with Gasteiger partial charge in [-0.25, -0.2) is 0 Å². The number of fused-ring (bicyclic) bond motifs is 1. The summed E-state index contributed by atoms with van der Waals surface area (Å²) in [7, 11) is 1.93. The van der Waals surface area contributed by atoms with Crippen LogP contribution in [0.4, 0.5) is 5.82 Å². The van der Waals surface area contributed by atoms with E-state index in [1.54, 1.807) is 6.20 Å². The summed E-state index contributed by atoms with van der Waals surface area (Å²) in [4.78, 5) is 1.97. The summed E-state index contributed by atoms with van der Waals surface area (Å²) in [6.45, 7) is 0.665. The Hall–Kier alpha value is -2.17. The molecule has 1 aromatic carbocycles. The molecule has 0 unspecified atom stereocenters. The van der Waals surface area contributed by atoms with Crippen LogP contribution in [0, 0.1) is 5.41 Å². The predicted octanol–water partition coefficient (Wildman–Crippen LogP) is 1.39. The van der Waals surface area contributed by atoms with Crippen molar-refractivity contribution in [1.29, 1.82) is 5.41 Å². The molecule has 88 valence electrons. The minimum atomic E-state index is 0.185. The summed E-state index contributed by atoms with van der Waals surface area (Å²) in [6.07, 6.45) is 2.28. The molecule has 0 aliphatic carbocycles. The van der Waals surface area contributed by atoms with Gasteiger partial charge in [0.15, 0.2) is 5.82 Å². The van der Waals surface area contributed by atoms with E-state index in [-0.39, 0.29) is 5.84 Å². The van der Waals surface area contributed by atoms with Gasteiger partial charge >= 0.3 is 0 Å². The number of nitrogens with one attached hydrogen (secondary N) is 1. The number of aromatic nitrogens is 2. The average molecular weight is 229 g/mol. The molecule has 0 fully saturated rings. The van der Waals surface area contributed by atoms with Gasteiger partial charge in [0.2, 0.25) is 0 Å². The first-order valence-electron chi connectivity index (χ1n) is 5.43. The van der Waals surface area contributed by atoms with Crippen LogP contribution in [0.5, 0.6) is 0 Å². The number of rotatable bonds is 4. The van der Waals surface area contributed by atoms with Crippen LogP contribution >= 0.6 is 0 Å². The van der Waals surface area contributed by atoms with E-state index < -0.39 is 0 Å². The summed E-state index contributed by atoms with van der Waals surface area (Å²) < 4.78 is 0. The molecule has 1 heterocycles. The lowest BCUT2D eigenvalue weighted by Gasteiger charge is -2.18. The van der Waals surface area contributed by atoms with Gasteiger partial charge in [-0.15, -0.1) is 5.10 Å². The first-order valence-corrected chi connectivity index (χ1v) is 5.43. The first-order chi connectivity index (χ1) is 8.18. The second-order valence-electron chi connectivity index (χ2n) is 3.95. The van der Waals surface area contributed by atoms with Crippen LogP contribution in [0.2, 0.25) is 0 Å². The molecule has 0 amide bonds. The quantitative estimate of drug-likeness (QED) is 0.613. The van der Waals surface area contributed by atoms with Crippen LogP contribution in [-0.2, 0) is 0 Å². The Morgan fingerprint density at radius 1 is 1.41 bits per heavy atom. The van der Waals surface area contributed by atoms with Crippen molar-refractivity contribution in [3.05, 3.63) is 30.5 Å². The summed E-state index contributed by atoms with van der Waals surface area (Å²) in [5, 5.41) is 17.5. The van der Waals surface area contributed by atoms with Crippen molar-refractivity contribution >= 4 is 22.4 Å².